The molecule has 27 heavy (non-hydrogen) atoms. The number of benzene rings is 3. The first-order valence-electron chi connectivity index (χ1n) is 8.47. The summed E-state index contributed by atoms with van der Waals surface area (Å²) < 4.78 is 1.66. The maximum Gasteiger partial charge on any atom is 0.323 e. The Kier molecular flexibility index (Phi) is 4.19. The summed E-state index contributed by atoms with van der Waals surface area (Å²) in [5, 5.41) is 10.3. The zero-order chi connectivity index (χ0) is 18.8. The fourth-order valence-corrected chi connectivity index (χ4v) is 3.18. The number of fused-ring (bicyclic) bond motifs is 2. The molecule has 1 heterocycles. The van der Waals surface area contributed by atoms with Gasteiger partial charge in [-0.3, -0.25) is 9.59 Å². The normalized spacial score (nSPS) is 10.5. The predicted molar refractivity (Wildman–Crippen MR) is 106 cm³/mol. The molecular formula is C23H15NO3. The fraction of sp³-hybridized carbons (Fsp3) is 0.0435. The van der Waals surface area contributed by atoms with Gasteiger partial charge in [0.25, 0.3) is 0 Å². The van der Waals surface area contributed by atoms with Crippen molar-refractivity contribution in [2.24, 2.45) is 0 Å². The highest BCUT2D eigenvalue weighted by atomic mass is 16.4. The minimum Gasteiger partial charge on any atom is -0.480 e. The number of nitrogens with zero attached hydrogens (tertiary/aromatic N) is 1. The summed E-state index contributed by atoms with van der Waals surface area (Å²) in [5.74, 6) is 5.19. The number of para-hydroxylation sites is 1. The molecule has 3 aromatic carbocycles. The predicted octanol–water partition coefficient (Wildman–Crippen LogP) is 3.64. The lowest BCUT2D eigenvalue weighted by Gasteiger charge is -2.13. The van der Waals surface area contributed by atoms with Crippen molar-refractivity contribution in [2.75, 3.05) is 0 Å². The lowest BCUT2D eigenvalue weighted by atomic mass is 10.1. The summed E-state index contributed by atoms with van der Waals surface area (Å²) in [6, 6.07) is 22.0. The van der Waals surface area contributed by atoms with Crippen molar-refractivity contribution >= 4 is 27.8 Å². The van der Waals surface area contributed by atoms with E-state index in [4.69, 9.17) is 0 Å². The van der Waals surface area contributed by atoms with Gasteiger partial charge in [-0.2, -0.15) is 0 Å². The Bertz CT molecular complexity index is 1290. The molecule has 0 bridgehead atoms. The summed E-state index contributed by atoms with van der Waals surface area (Å²) in [7, 11) is 0. The molecule has 0 fully saturated rings. The second-order valence-corrected chi connectivity index (χ2v) is 6.17. The quantitative estimate of drug-likeness (QED) is 0.442. The minimum atomic E-state index is -0.960. The van der Waals surface area contributed by atoms with Gasteiger partial charge in [-0.15, -0.1) is 0 Å². The summed E-state index contributed by atoms with van der Waals surface area (Å²) in [5.41, 5.74) is 2.68. The Balaban J connectivity index is 1.95. The fourth-order valence-electron chi connectivity index (χ4n) is 3.18. The molecule has 0 aliphatic carbocycles. The number of carbonyl (C=O) groups is 1. The molecule has 0 spiro atoms. The zero-order valence-corrected chi connectivity index (χ0v) is 14.3. The molecule has 4 aromatic rings. The number of aromatic nitrogens is 1. The maximum absolute atomic E-state index is 12.9. The average molecular weight is 353 g/mol. The Morgan fingerprint density at radius 1 is 0.815 bits per heavy atom. The summed E-state index contributed by atoms with van der Waals surface area (Å²) in [6.45, 7) is -0.216. The third kappa shape index (κ3) is 3.19. The molecule has 4 rings (SSSR count). The van der Waals surface area contributed by atoms with Gasteiger partial charge < -0.3 is 9.67 Å². The van der Waals surface area contributed by atoms with Gasteiger partial charge >= 0.3 is 5.97 Å². The van der Waals surface area contributed by atoms with Gasteiger partial charge in [0, 0.05) is 21.9 Å². The molecule has 1 N–H and O–H groups in total. The highest BCUT2D eigenvalue weighted by molar-refractivity contribution is 5.95. The van der Waals surface area contributed by atoms with Crippen LogP contribution in [-0.2, 0) is 11.3 Å². The number of hydrogen-bond donors (Lipinski definition) is 1. The first-order chi connectivity index (χ1) is 13.1. The first kappa shape index (κ1) is 16.6. The van der Waals surface area contributed by atoms with Crippen molar-refractivity contribution in [3.05, 3.63) is 94.1 Å². The van der Waals surface area contributed by atoms with Gasteiger partial charge in [0.15, 0.2) is 5.43 Å². The number of carboxylic acid groups (broad SMARTS) is 1. The van der Waals surface area contributed by atoms with E-state index in [1.165, 1.54) is 0 Å². The van der Waals surface area contributed by atoms with Gasteiger partial charge in [0.2, 0.25) is 0 Å². The average Bonchev–Trinajstić information content (AvgIpc) is 2.70. The molecule has 0 aliphatic rings. The van der Waals surface area contributed by atoms with Gasteiger partial charge in [0.05, 0.1) is 11.0 Å². The molecule has 4 heteroatoms. The molecule has 0 saturated carbocycles. The van der Waals surface area contributed by atoms with Gasteiger partial charge in [-0.25, -0.2) is 0 Å². The number of hydrogen-bond acceptors (Lipinski definition) is 2. The van der Waals surface area contributed by atoms with Crippen LogP contribution in [0.3, 0.4) is 0 Å². The van der Waals surface area contributed by atoms with Crippen molar-refractivity contribution in [3.63, 3.8) is 0 Å². The van der Waals surface area contributed by atoms with Crippen LogP contribution in [0.1, 0.15) is 11.1 Å². The van der Waals surface area contributed by atoms with Gasteiger partial charge in [-0.05, 0) is 42.5 Å². The van der Waals surface area contributed by atoms with Crippen molar-refractivity contribution in [1.82, 2.24) is 4.57 Å². The zero-order valence-electron chi connectivity index (χ0n) is 14.3. The van der Waals surface area contributed by atoms with Crippen molar-refractivity contribution < 1.29 is 9.90 Å². The van der Waals surface area contributed by atoms with Crippen molar-refractivity contribution in [2.45, 2.75) is 6.54 Å². The van der Waals surface area contributed by atoms with Crippen molar-refractivity contribution in [3.8, 4) is 11.8 Å². The highest BCUT2D eigenvalue weighted by Crippen LogP contribution is 2.20. The van der Waals surface area contributed by atoms with E-state index in [1.807, 2.05) is 36.4 Å². The van der Waals surface area contributed by atoms with Crippen LogP contribution in [0, 0.1) is 11.8 Å². The van der Waals surface area contributed by atoms with Crippen LogP contribution in [0.15, 0.2) is 77.6 Å². The van der Waals surface area contributed by atoms with Crippen LogP contribution in [0.4, 0.5) is 0 Å². The van der Waals surface area contributed by atoms with E-state index in [2.05, 4.69) is 11.8 Å². The third-order valence-electron chi connectivity index (χ3n) is 4.39. The van der Waals surface area contributed by atoms with Crippen LogP contribution < -0.4 is 5.43 Å². The lowest BCUT2D eigenvalue weighted by molar-refractivity contribution is -0.137. The maximum atomic E-state index is 12.9. The van der Waals surface area contributed by atoms with Crippen LogP contribution >= 0.6 is 0 Å². The van der Waals surface area contributed by atoms with Crippen molar-refractivity contribution in [1.29, 1.82) is 0 Å². The largest absolute Gasteiger partial charge is 0.480 e. The Labute approximate surface area is 155 Å². The molecule has 0 amide bonds. The van der Waals surface area contributed by atoms with E-state index in [9.17, 15) is 14.7 Å². The molecule has 1 aromatic heterocycles. The lowest BCUT2D eigenvalue weighted by Crippen LogP contribution is -2.16. The molecule has 0 unspecified atom stereocenters. The molecular weight excluding hydrogens is 338 g/mol. The number of aliphatic carboxylic acids is 1. The van der Waals surface area contributed by atoms with Crippen LogP contribution in [0.25, 0.3) is 21.8 Å². The molecule has 0 radical (unpaired) electrons. The molecule has 0 saturated heterocycles. The molecule has 0 atom stereocenters. The summed E-state index contributed by atoms with van der Waals surface area (Å²) in [4.78, 5) is 24.3. The Hall–Kier alpha value is -3.84. The second-order valence-electron chi connectivity index (χ2n) is 6.17. The van der Waals surface area contributed by atoms with E-state index in [0.717, 1.165) is 5.56 Å². The Morgan fingerprint density at radius 3 is 2.26 bits per heavy atom. The summed E-state index contributed by atoms with van der Waals surface area (Å²) >= 11 is 0. The van der Waals surface area contributed by atoms with E-state index >= 15 is 0 Å². The van der Waals surface area contributed by atoms with Crippen LogP contribution in [0.5, 0.6) is 0 Å². The number of carboxylic acids is 1. The van der Waals surface area contributed by atoms with Gasteiger partial charge in [0.1, 0.15) is 6.54 Å². The van der Waals surface area contributed by atoms with Crippen LogP contribution in [-0.4, -0.2) is 15.6 Å². The summed E-state index contributed by atoms with van der Waals surface area (Å²) in [6.07, 6.45) is 0. The SMILES string of the molecule is O=C(O)Cn1c2ccccc2c(=O)c2cc(C#Cc3ccccc3)ccc21. The standard InChI is InChI=1S/C23H15NO3/c25-22(26)15-24-20-9-5-4-8-18(20)23(27)19-14-17(12-13-21(19)24)11-10-16-6-2-1-3-7-16/h1-9,12-14H,15H2,(H,25,26). The monoisotopic (exact) mass is 353 g/mol. The topological polar surface area (TPSA) is 59.3 Å². The van der Waals surface area contributed by atoms with Gasteiger partial charge in [-0.1, -0.05) is 42.2 Å². The highest BCUT2D eigenvalue weighted by Gasteiger charge is 2.12. The molecule has 130 valence electrons. The number of pyridine rings is 1. The third-order valence-corrected chi connectivity index (χ3v) is 4.39. The number of rotatable bonds is 2. The Morgan fingerprint density at radius 2 is 1.48 bits per heavy atom. The molecule has 0 aliphatic heterocycles. The minimum absolute atomic E-state index is 0.120. The smallest absolute Gasteiger partial charge is 0.323 e. The van der Waals surface area contributed by atoms with E-state index < -0.39 is 5.97 Å². The van der Waals surface area contributed by atoms with Crippen LogP contribution in [0.2, 0.25) is 0 Å². The second kappa shape index (κ2) is 6.81. The van der Waals surface area contributed by atoms with E-state index in [1.54, 1.807) is 41.0 Å². The first-order valence-corrected chi connectivity index (χ1v) is 8.47. The molecule has 4 nitrogen and oxygen atoms in total. The van der Waals surface area contributed by atoms with E-state index in [0.29, 0.717) is 27.4 Å². The van der Waals surface area contributed by atoms with E-state index in [-0.39, 0.29) is 12.0 Å².